The fraction of sp³-hybridized carbons (Fsp3) is 0.0833. The number of methoxy groups -OCH3 is 2. The fourth-order valence-electron chi connectivity index (χ4n) is 2.83. The molecule has 158 valence electrons. The second kappa shape index (κ2) is 10.4. The van der Waals surface area contributed by atoms with Gasteiger partial charge >= 0.3 is 0 Å². The first-order valence-corrected chi connectivity index (χ1v) is 10.2. The van der Waals surface area contributed by atoms with Crippen molar-refractivity contribution in [3.05, 3.63) is 88.4 Å². The monoisotopic (exact) mass is 480 g/mol. The number of benzene rings is 3. The Balaban J connectivity index is 1.79. The van der Waals surface area contributed by atoms with E-state index in [1.807, 2.05) is 30.3 Å². The number of carbonyl (C=O) groups is 2. The number of anilines is 2. The summed E-state index contributed by atoms with van der Waals surface area (Å²) in [6.07, 6.45) is 3.14. The summed E-state index contributed by atoms with van der Waals surface area (Å²) in [5.41, 5.74) is 2.24. The van der Waals surface area contributed by atoms with E-state index in [1.165, 1.54) is 20.3 Å². The van der Waals surface area contributed by atoms with Crippen LogP contribution in [0.2, 0.25) is 0 Å². The van der Waals surface area contributed by atoms with Gasteiger partial charge in [0.15, 0.2) is 0 Å². The van der Waals surface area contributed by atoms with E-state index < -0.39 is 0 Å². The largest absolute Gasteiger partial charge is 0.494 e. The lowest BCUT2D eigenvalue weighted by atomic mass is 10.2. The molecule has 0 saturated heterocycles. The van der Waals surface area contributed by atoms with Gasteiger partial charge in [-0.3, -0.25) is 9.59 Å². The summed E-state index contributed by atoms with van der Waals surface area (Å²) in [4.78, 5) is 24.9. The molecule has 0 spiro atoms. The van der Waals surface area contributed by atoms with Crippen molar-refractivity contribution < 1.29 is 19.1 Å². The predicted molar refractivity (Wildman–Crippen MR) is 126 cm³/mol. The number of hydrogen-bond donors (Lipinski definition) is 2. The number of ether oxygens (including phenoxy) is 2. The van der Waals surface area contributed by atoms with Gasteiger partial charge in [-0.2, -0.15) is 0 Å². The van der Waals surface area contributed by atoms with Crippen molar-refractivity contribution in [1.29, 1.82) is 0 Å². The zero-order chi connectivity index (χ0) is 22.2. The molecule has 0 saturated carbocycles. The second-order valence-electron chi connectivity index (χ2n) is 6.45. The zero-order valence-corrected chi connectivity index (χ0v) is 18.6. The van der Waals surface area contributed by atoms with E-state index in [4.69, 9.17) is 9.47 Å². The molecule has 3 aromatic carbocycles. The summed E-state index contributed by atoms with van der Waals surface area (Å²) in [5.74, 6) is 0.154. The molecule has 3 aromatic rings. The maximum atomic E-state index is 12.5. The Kier molecular flexibility index (Phi) is 7.45. The highest BCUT2D eigenvalue weighted by molar-refractivity contribution is 9.10. The quantitative estimate of drug-likeness (QED) is 0.445. The first-order chi connectivity index (χ1) is 15.0. The molecular formula is C24H21BrN2O4. The van der Waals surface area contributed by atoms with Gasteiger partial charge in [-0.05, 0) is 35.9 Å². The number of carbonyl (C=O) groups excluding carboxylic acids is 2. The molecule has 0 radical (unpaired) electrons. The number of rotatable bonds is 7. The molecule has 0 aliphatic rings. The summed E-state index contributed by atoms with van der Waals surface area (Å²) >= 11 is 3.40. The molecule has 7 heteroatoms. The van der Waals surface area contributed by atoms with E-state index in [1.54, 1.807) is 42.5 Å². The van der Waals surface area contributed by atoms with Crippen LogP contribution in [-0.4, -0.2) is 26.0 Å². The van der Waals surface area contributed by atoms with Gasteiger partial charge in [0.2, 0.25) is 5.91 Å². The molecule has 2 N–H and O–H groups in total. The molecule has 0 fully saturated rings. The average Bonchev–Trinajstić information content (AvgIpc) is 2.79. The normalized spacial score (nSPS) is 10.5. The summed E-state index contributed by atoms with van der Waals surface area (Å²) in [6, 6.07) is 19.6. The summed E-state index contributed by atoms with van der Waals surface area (Å²) in [7, 11) is 2.97. The summed E-state index contributed by atoms with van der Waals surface area (Å²) < 4.78 is 11.7. The second-order valence-corrected chi connectivity index (χ2v) is 7.37. The van der Waals surface area contributed by atoms with Crippen LogP contribution in [0.4, 0.5) is 11.4 Å². The molecule has 0 aromatic heterocycles. The molecule has 0 aliphatic heterocycles. The van der Waals surface area contributed by atoms with Crippen LogP contribution < -0.4 is 20.1 Å². The van der Waals surface area contributed by atoms with Crippen LogP contribution in [0.15, 0.2) is 77.3 Å². The van der Waals surface area contributed by atoms with Crippen LogP contribution in [-0.2, 0) is 4.79 Å². The smallest absolute Gasteiger partial charge is 0.255 e. The van der Waals surface area contributed by atoms with Crippen molar-refractivity contribution in [3.63, 3.8) is 0 Å². The van der Waals surface area contributed by atoms with Gasteiger partial charge in [0.25, 0.3) is 5.91 Å². The van der Waals surface area contributed by atoms with Gasteiger partial charge in [-0.1, -0.05) is 46.3 Å². The van der Waals surface area contributed by atoms with Crippen molar-refractivity contribution in [3.8, 4) is 11.5 Å². The Bertz CT molecular complexity index is 1110. The van der Waals surface area contributed by atoms with Gasteiger partial charge < -0.3 is 20.1 Å². The molecule has 0 aliphatic carbocycles. The number of hydrogen-bond acceptors (Lipinski definition) is 4. The topological polar surface area (TPSA) is 76.7 Å². The molecule has 0 heterocycles. The maximum absolute atomic E-state index is 12.5. The average molecular weight is 481 g/mol. The minimum atomic E-state index is -0.332. The SMILES string of the molecule is COc1cc(NC(=O)c2ccccc2)c(OC)cc1NC(=O)/C=C/c1cccc(Br)c1. The highest BCUT2D eigenvalue weighted by atomic mass is 79.9. The standard InChI is InChI=1S/C24H21BrN2O4/c1-30-21-15-20(27-24(29)17-8-4-3-5-9-17)22(31-2)14-19(21)26-23(28)12-11-16-7-6-10-18(25)13-16/h3-15H,1-2H3,(H,26,28)(H,27,29)/b12-11+. The Morgan fingerprint density at radius 1 is 0.839 bits per heavy atom. The van der Waals surface area contributed by atoms with E-state index in [0.29, 0.717) is 28.4 Å². The lowest BCUT2D eigenvalue weighted by molar-refractivity contribution is -0.111. The minimum absolute atomic E-state index is 0.283. The van der Waals surface area contributed by atoms with Crippen molar-refractivity contribution in [2.24, 2.45) is 0 Å². The van der Waals surface area contributed by atoms with Crippen molar-refractivity contribution in [1.82, 2.24) is 0 Å². The Labute approximate surface area is 189 Å². The summed E-state index contributed by atoms with van der Waals surface area (Å²) in [5, 5.41) is 5.59. The lowest BCUT2D eigenvalue weighted by Gasteiger charge is -2.16. The van der Waals surface area contributed by atoms with Gasteiger partial charge in [0, 0.05) is 28.2 Å². The zero-order valence-electron chi connectivity index (χ0n) is 17.0. The molecule has 2 amide bonds. The third-order valence-corrected chi connectivity index (χ3v) is 4.83. The van der Waals surface area contributed by atoms with Gasteiger partial charge in [-0.25, -0.2) is 0 Å². The summed E-state index contributed by atoms with van der Waals surface area (Å²) in [6.45, 7) is 0. The van der Waals surface area contributed by atoms with Crippen molar-refractivity contribution in [2.75, 3.05) is 24.9 Å². The first kappa shape index (κ1) is 22.1. The molecule has 0 bridgehead atoms. The number of halogens is 1. The minimum Gasteiger partial charge on any atom is -0.494 e. The van der Waals surface area contributed by atoms with Crippen LogP contribution in [0.1, 0.15) is 15.9 Å². The Morgan fingerprint density at radius 2 is 1.48 bits per heavy atom. The Hall–Kier alpha value is -3.58. The van der Waals surface area contributed by atoms with E-state index in [-0.39, 0.29) is 11.8 Å². The molecule has 31 heavy (non-hydrogen) atoms. The third-order valence-electron chi connectivity index (χ3n) is 4.34. The predicted octanol–water partition coefficient (Wildman–Crippen LogP) is 5.37. The molecule has 0 unspecified atom stereocenters. The lowest BCUT2D eigenvalue weighted by Crippen LogP contribution is -2.14. The molecule has 6 nitrogen and oxygen atoms in total. The number of nitrogens with one attached hydrogen (secondary N) is 2. The van der Waals surface area contributed by atoms with Crippen LogP contribution in [0.3, 0.4) is 0 Å². The van der Waals surface area contributed by atoms with Crippen molar-refractivity contribution >= 4 is 45.2 Å². The van der Waals surface area contributed by atoms with Crippen LogP contribution in [0.5, 0.6) is 11.5 Å². The molecule has 3 rings (SSSR count). The van der Waals surface area contributed by atoms with E-state index in [9.17, 15) is 9.59 Å². The van der Waals surface area contributed by atoms with E-state index in [2.05, 4.69) is 26.6 Å². The maximum Gasteiger partial charge on any atom is 0.255 e. The van der Waals surface area contributed by atoms with Gasteiger partial charge in [0.05, 0.1) is 25.6 Å². The molecular weight excluding hydrogens is 460 g/mol. The van der Waals surface area contributed by atoms with Crippen molar-refractivity contribution in [2.45, 2.75) is 0 Å². The van der Waals surface area contributed by atoms with Gasteiger partial charge in [-0.15, -0.1) is 0 Å². The fourth-order valence-corrected chi connectivity index (χ4v) is 3.25. The highest BCUT2D eigenvalue weighted by Gasteiger charge is 2.15. The third kappa shape index (κ3) is 5.96. The van der Waals surface area contributed by atoms with E-state index in [0.717, 1.165) is 10.0 Å². The molecule has 0 atom stereocenters. The van der Waals surface area contributed by atoms with Crippen LogP contribution in [0.25, 0.3) is 6.08 Å². The van der Waals surface area contributed by atoms with Crippen LogP contribution in [0, 0.1) is 0 Å². The van der Waals surface area contributed by atoms with Gasteiger partial charge in [0.1, 0.15) is 11.5 Å². The van der Waals surface area contributed by atoms with E-state index >= 15 is 0 Å². The highest BCUT2D eigenvalue weighted by Crippen LogP contribution is 2.36. The number of amides is 2. The first-order valence-electron chi connectivity index (χ1n) is 9.37. The van der Waals surface area contributed by atoms with Crippen LogP contribution >= 0.6 is 15.9 Å². The Morgan fingerprint density at radius 3 is 2.10 bits per heavy atom.